The summed E-state index contributed by atoms with van der Waals surface area (Å²) in [4.78, 5) is 23.7. The van der Waals surface area contributed by atoms with Crippen LogP contribution in [0.1, 0.15) is 36.0 Å². The van der Waals surface area contributed by atoms with Crippen molar-refractivity contribution in [3.8, 4) is 0 Å². The highest BCUT2D eigenvalue weighted by Crippen LogP contribution is 2.26. The number of rotatable bonds is 5. The molecule has 0 unspecified atom stereocenters. The van der Waals surface area contributed by atoms with Crippen molar-refractivity contribution in [3.05, 3.63) is 16.5 Å². The Balaban J connectivity index is 2.36. The lowest BCUT2D eigenvalue weighted by atomic mass is 10.2. The van der Waals surface area contributed by atoms with Gasteiger partial charge in [-0.05, 0) is 46.0 Å². The molecule has 5 N–H and O–H groups in total. The summed E-state index contributed by atoms with van der Waals surface area (Å²) in [6.07, 6.45) is -0.483. The molecule has 0 aromatic carbocycles. The fraction of sp³-hybridized carbons (Fsp3) is 0.500. The van der Waals surface area contributed by atoms with Crippen LogP contribution in [0.3, 0.4) is 0 Å². The fourth-order valence-corrected chi connectivity index (χ4v) is 2.78. The molecule has 2 amide bonds. The van der Waals surface area contributed by atoms with E-state index in [1.54, 1.807) is 26.8 Å². The van der Waals surface area contributed by atoms with Gasteiger partial charge < -0.3 is 26.4 Å². The Kier molecular flexibility index (Phi) is 6.77. The maximum Gasteiger partial charge on any atom is 0.407 e. The Bertz CT molecular complexity index is 593. The summed E-state index contributed by atoms with van der Waals surface area (Å²) in [6, 6.07) is 1.71. The molecular weight excluding hydrogens is 336 g/mol. The van der Waals surface area contributed by atoms with Crippen LogP contribution in [0.5, 0.6) is 0 Å². The molecule has 1 aromatic rings. The molecule has 0 aliphatic carbocycles. The summed E-state index contributed by atoms with van der Waals surface area (Å²) in [5, 5.41) is 9.42. The number of primary amides is 1. The smallest absolute Gasteiger partial charge is 0.407 e. The molecular formula is C14H22N4O3S2. The molecule has 0 atom stereocenters. The van der Waals surface area contributed by atoms with E-state index in [1.165, 1.54) is 11.3 Å². The van der Waals surface area contributed by atoms with Crippen LogP contribution >= 0.6 is 23.6 Å². The second-order valence-corrected chi connectivity index (χ2v) is 7.44. The lowest BCUT2D eigenvalue weighted by molar-refractivity contribution is 0.0528. The van der Waals surface area contributed by atoms with Gasteiger partial charge in [-0.1, -0.05) is 0 Å². The van der Waals surface area contributed by atoms with Crippen LogP contribution in [-0.2, 0) is 4.74 Å². The van der Waals surface area contributed by atoms with Gasteiger partial charge in [-0.25, -0.2) is 4.79 Å². The van der Waals surface area contributed by atoms with Crippen LogP contribution in [0.25, 0.3) is 0 Å². The van der Waals surface area contributed by atoms with Gasteiger partial charge in [0.25, 0.3) is 5.91 Å². The molecule has 1 heterocycles. The molecule has 0 saturated carbocycles. The highest BCUT2D eigenvalue weighted by Gasteiger charge is 2.15. The van der Waals surface area contributed by atoms with Crippen molar-refractivity contribution in [1.82, 2.24) is 10.6 Å². The lowest BCUT2D eigenvalue weighted by Gasteiger charge is -2.19. The SMILES string of the molecule is Cc1cc(C(N)=O)c(NC(=S)NCCNC(=O)OC(C)(C)C)s1. The first-order chi connectivity index (χ1) is 10.6. The molecule has 0 bridgehead atoms. The first kappa shape index (κ1) is 19.2. The zero-order chi connectivity index (χ0) is 17.6. The van der Waals surface area contributed by atoms with E-state index in [4.69, 9.17) is 22.7 Å². The van der Waals surface area contributed by atoms with Gasteiger partial charge in [0.1, 0.15) is 10.6 Å². The minimum absolute atomic E-state index is 0.348. The highest BCUT2D eigenvalue weighted by atomic mass is 32.1. The molecule has 0 aliphatic heterocycles. The standard InChI is InChI=1S/C14H22N4O3S2/c1-8-7-9(10(15)19)11(23-8)18-12(22)16-5-6-17-13(20)21-14(2,3)4/h7H,5-6H2,1-4H3,(H2,15,19)(H,17,20)(H2,16,18,22). The molecule has 9 heteroatoms. The number of amides is 2. The number of hydrogen-bond acceptors (Lipinski definition) is 5. The van der Waals surface area contributed by atoms with Crippen molar-refractivity contribution in [1.29, 1.82) is 0 Å². The van der Waals surface area contributed by atoms with E-state index in [1.807, 2.05) is 6.92 Å². The summed E-state index contributed by atoms with van der Waals surface area (Å²) in [7, 11) is 0. The van der Waals surface area contributed by atoms with E-state index in [2.05, 4.69) is 16.0 Å². The minimum Gasteiger partial charge on any atom is -0.444 e. The highest BCUT2D eigenvalue weighted by molar-refractivity contribution is 7.80. The predicted octanol–water partition coefficient (Wildman–Crippen LogP) is 1.97. The van der Waals surface area contributed by atoms with Crippen molar-refractivity contribution in [2.75, 3.05) is 18.4 Å². The van der Waals surface area contributed by atoms with E-state index in [-0.39, 0.29) is 0 Å². The van der Waals surface area contributed by atoms with E-state index in [9.17, 15) is 9.59 Å². The third-order valence-corrected chi connectivity index (χ3v) is 3.64. The zero-order valence-corrected chi connectivity index (χ0v) is 15.2. The molecule has 0 spiro atoms. The van der Waals surface area contributed by atoms with Gasteiger partial charge >= 0.3 is 6.09 Å². The minimum atomic E-state index is -0.531. The van der Waals surface area contributed by atoms with E-state index >= 15 is 0 Å². The quantitative estimate of drug-likeness (QED) is 0.474. The third-order valence-electron chi connectivity index (χ3n) is 2.43. The number of aryl methyl sites for hydroxylation is 1. The van der Waals surface area contributed by atoms with Gasteiger partial charge in [-0.3, -0.25) is 4.79 Å². The summed E-state index contributed by atoms with van der Waals surface area (Å²) < 4.78 is 5.11. The van der Waals surface area contributed by atoms with Crippen molar-refractivity contribution in [3.63, 3.8) is 0 Å². The normalized spacial score (nSPS) is 10.8. The van der Waals surface area contributed by atoms with E-state index < -0.39 is 17.6 Å². The first-order valence-electron chi connectivity index (χ1n) is 7.00. The third kappa shape index (κ3) is 7.29. The molecule has 0 saturated heterocycles. The summed E-state index contributed by atoms with van der Waals surface area (Å²) in [5.41, 5.74) is 5.19. The van der Waals surface area contributed by atoms with Crippen molar-refractivity contribution < 1.29 is 14.3 Å². The zero-order valence-electron chi connectivity index (χ0n) is 13.6. The first-order valence-corrected chi connectivity index (χ1v) is 8.23. The summed E-state index contributed by atoms with van der Waals surface area (Å²) >= 11 is 6.54. The number of thiophene rings is 1. The van der Waals surface area contributed by atoms with Crippen LogP contribution in [0, 0.1) is 6.92 Å². The van der Waals surface area contributed by atoms with Crippen LogP contribution < -0.4 is 21.7 Å². The number of carbonyl (C=O) groups is 2. The van der Waals surface area contributed by atoms with Crippen LogP contribution in [0.15, 0.2) is 6.07 Å². The largest absolute Gasteiger partial charge is 0.444 e. The number of carbonyl (C=O) groups excluding carboxylic acids is 2. The number of alkyl carbamates (subject to hydrolysis) is 1. The van der Waals surface area contributed by atoms with Crippen molar-refractivity contribution >= 4 is 45.7 Å². The average Bonchev–Trinajstić information content (AvgIpc) is 2.73. The van der Waals surface area contributed by atoms with Gasteiger partial charge in [0.2, 0.25) is 0 Å². The number of thiocarbonyl (C=S) groups is 1. The molecule has 1 aromatic heterocycles. The molecule has 0 radical (unpaired) electrons. The van der Waals surface area contributed by atoms with Gasteiger partial charge in [0, 0.05) is 18.0 Å². The number of nitrogens with two attached hydrogens (primary N) is 1. The van der Waals surface area contributed by atoms with Gasteiger partial charge in [-0.15, -0.1) is 11.3 Å². The molecule has 0 aliphatic rings. The summed E-state index contributed by atoms with van der Waals surface area (Å²) in [6.45, 7) is 8.03. The maximum absolute atomic E-state index is 11.5. The summed E-state index contributed by atoms with van der Waals surface area (Å²) in [5.74, 6) is -0.508. The Morgan fingerprint density at radius 3 is 2.48 bits per heavy atom. The average molecular weight is 358 g/mol. The van der Waals surface area contributed by atoms with Crippen molar-refractivity contribution in [2.45, 2.75) is 33.3 Å². The lowest BCUT2D eigenvalue weighted by Crippen LogP contribution is -2.39. The van der Waals surface area contributed by atoms with Gasteiger partial charge in [0.15, 0.2) is 5.11 Å². The monoisotopic (exact) mass is 358 g/mol. The molecule has 0 fully saturated rings. The Hall–Kier alpha value is -1.87. The molecule has 23 heavy (non-hydrogen) atoms. The van der Waals surface area contributed by atoms with Gasteiger partial charge in [0.05, 0.1) is 5.56 Å². The number of hydrogen-bond donors (Lipinski definition) is 4. The molecule has 7 nitrogen and oxygen atoms in total. The Morgan fingerprint density at radius 2 is 1.91 bits per heavy atom. The number of nitrogens with one attached hydrogen (secondary N) is 3. The Morgan fingerprint density at radius 1 is 1.30 bits per heavy atom. The molecule has 128 valence electrons. The maximum atomic E-state index is 11.5. The van der Waals surface area contributed by atoms with Gasteiger partial charge in [-0.2, -0.15) is 0 Å². The second kappa shape index (κ2) is 8.11. The van der Waals surface area contributed by atoms with Crippen molar-refractivity contribution in [2.24, 2.45) is 5.73 Å². The van der Waals surface area contributed by atoms with Crippen LogP contribution in [-0.4, -0.2) is 35.8 Å². The van der Waals surface area contributed by atoms with Crippen LogP contribution in [0.2, 0.25) is 0 Å². The van der Waals surface area contributed by atoms with E-state index in [0.29, 0.717) is 28.8 Å². The number of ether oxygens (including phenoxy) is 1. The van der Waals surface area contributed by atoms with E-state index in [0.717, 1.165) is 4.88 Å². The number of anilines is 1. The molecule has 1 rings (SSSR count). The Labute approximate surface area is 145 Å². The predicted molar refractivity (Wildman–Crippen MR) is 96.0 cm³/mol. The van der Waals surface area contributed by atoms with Crippen LogP contribution in [0.4, 0.5) is 9.80 Å². The fourth-order valence-electron chi connectivity index (χ4n) is 1.59. The second-order valence-electron chi connectivity index (χ2n) is 5.77. The topological polar surface area (TPSA) is 105 Å².